The Morgan fingerprint density at radius 2 is 1.76 bits per heavy atom. The van der Waals surface area contributed by atoms with Crippen LogP contribution in [0.15, 0.2) is 64.8 Å². The number of hydrogen-bond donors (Lipinski definition) is 3. The number of ether oxygens (including phenoxy) is 1. The fraction of sp³-hybridized carbons (Fsp3) is 0.474. The van der Waals surface area contributed by atoms with Crippen molar-refractivity contribution in [2.75, 3.05) is 13.7 Å². The first-order chi connectivity index (χ1) is 23.5. The molecule has 270 valence electrons. The summed E-state index contributed by atoms with van der Waals surface area (Å²) in [4.78, 5) is 58.8. The molecule has 3 amide bonds. The lowest BCUT2D eigenvalue weighted by Gasteiger charge is -2.36. The standard InChI is InChI=1S/C38H51BrN4O6Si/c1-24-12-11-19-48-35(45)22-31(26-16-17-33(29(39)20-26)49-50(7,8)38(3,4)5)42-36(46)32(21-27-23-40-30-14-10-9-13-28(27)30)43(6)37(47)25(2)41-34(44)18-15-24/h9-10,12-14,16-17,20,23,25,31-32,40H,11,15,18-19,21-22H2,1-8H3,(H,41,44)(H,42,46)/b24-12-/t25-,31+,32+/m0/s1. The van der Waals surface area contributed by atoms with Crippen LogP contribution in [-0.2, 0) is 30.3 Å². The fourth-order valence-electron chi connectivity index (χ4n) is 5.63. The molecule has 0 aliphatic carbocycles. The normalized spacial score (nSPS) is 22.1. The molecule has 0 radical (unpaired) electrons. The van der Waals surface area contributed by atoms with E-state index >= 15 is 0 Å². The van der Waals surface area contributed by atoms with E-state index in [0.29, 0.717) is 28.6 Å². The minimum absolute atomic E-state index is 0.0126. The molecule has 0 bridgehead atoms. The highest BCUT2D eigenvalue weighted by Crippen LogP contribution is 2.40. The topological polar surface area (TPSA) is 130 Å². The molecule has 50 heavy (non-hydrogen) atoms. The van der Waals surface area contributed by atoms with Crippen molar-refractivity contribution in [3.05, 3.63) is 75.9 Å². The van der Waals surface area contributed by atoms with Gasteiger partial charge in [0.25, 0.3) is 8.32 Å². The number of carbonyl (C=O) groups excluding carboxylic acids is 4. The first-order valence-corrected chi connectivity index (χ1v) is 20.9. The van der Waals surface area contributed by atoms with Crippen molar-refractivity contribution in [2.24, 2.45) is 0 Å². The summed E-state index contributed by atoms with van der Waals surface area (Å²) in [6.07, 6.45) is 5.08. The third-order valence-corrected chi connectivity index (χ3v) is 14.8. The van der Waals surface area contributed by atoms with E-state index in [-0.39, 0.29) is 36.8 Å². The van der Waals surface area contributed by atoms with Crippen LogP contribution in [0.2, 0.25) is 18.1 Å². The van der Waals surface area contributed by atoms with Crippen LogP contribution in [-0.4, -0.2) is 67.6 Å². The Morgan fingerprint density at radius 3 is 2.46 bits per heavy atom. The first-order valence-electron chi connectivity index (χ1n) is 17.2. The number of aromatic amines is 1. The Balaban J connectivity index is 1.72. The van der Waals surface area contributed by atoms with E-state index in [1.807, 2.05) is 61.7 Å². The van der Waals surface area contributed by atoms with E-state index in [1.54, 1.807) is 14.0 Å². The summed E-state index contributed by atoms with van der Waals surface area (Å²) in [5.74, 6) is -0.887. The van der Waals surface area contributed by atoms with Crippen molar-refractivity contribution >= 4 is 58.8 Å². The van der Waals surface area contributed by atoms with Gasteiger partial charge in [0.15, 0.2) is 0 Å². The van der Waals surface area contributed by atoms with Gasteiger partial charge in [-0.15, -0.1) is 0 Å². The number of fused-ring (bicyclic) bond motifs is 1. The van der Waals surface area contributed by atoms with Crippen LogP contribution in [0.25, 0.3) is 10.9 Å². The van der Waals surface area contributed by atoms with Crippen molar-refractivity contribution in [1.29, 1.82) is 0 Å². The number of H-pyrrole nitrogens is 1. The van der Waals surface area contributed by atoms with E-state index < -0.39 is 44.2 Å². The Bertz CT molecular complexity index is 1750. The van der Waals surface area contributed by atoms with Gasteiger partial charge in [-0.05, 0) is 90.1 Å². The summed E-state index contributed by atoms with van der Waals surface area (Å²) in [5, 5.41) is 6.81. The molecular formula is C38H51BrN4O6Si. The van der Waals surface area contributed by atoms with Gasteiger partial charge in [-0.2, -0.15) is 0 Å². The lowest BCUT2D eigenvalue weighted by molar-refractivity contribution is -0.145. The number of esters is 1. The van der Waals surface area contributed by atoms with Gasteiger partial charge in [-0.25, -0.2) is 0 Å². The summed E-state index contributed by atoms with van der Waals surface area (Å²) in [6.45, 7) is 14.6. The van der Waals surface area contributed by atoms with Crippen LogP contribution in [0, 0.1) is 0 Å². The lowest BCUT2D eigenvalue weighted by Crippen LogP contribution is -2.54. The largest absolute Gasteiger partial charge is 0.543 e. The van der Waals surface area contributed by atoms with E-state index in [1.165, 1.54) is 4.90 Å². The van der Waals surface area contributed by atoms with Crippen LogP contribution in [0.4, 0.5) is 0 Å². The second-order valence-corrected chi connectivity index (χ2v) is 20.3. The average Bonchev–Trinajstić information content (AvgIpc) is 3.46. The van der Waals surface area contributed by atoms with Gasteiger partial charge in [-0.1, -0.05) is 56.7 Å². The number of halogens is 1. The molecule has 0 spiro atoms. The molecule has 1 aromatic heterocycles. The van der Waals surface area contributed by atoms with Crippen molar-refractivity contribution in [3.63, 3.8) is 0 Å². The smallest absolute Gasteiger partial charge is 0.308 e. The molecular weight excluding hydrogens is 716 g/mol. The maximum Gasteiger partial charge on any atom is 0.308 e. The highest BCUT2D eigenvalue weighted by molar-refractivity contribution is 9.10. The number of allylic oxidation sites excluding steroid dienone is 1. The molecule has 12 heteroatoms. The molecule has 10 nitrogen and oxygen atoms in total. The second kappa shape index (κ2) is 16.4. The van der Waals surface area contributed by atoms with Gasteiger partial charge in [0.2, 0.25) is 17.7 Å². The quantitative estimate of drug-likeness (QED) is 0.144. The molecule has 0 saturated carbocycles. The fourth-order valence-corrected chi connectivity index (χ4v) is 7.29. The predicted molar refractivity (Wildman–Crippen MR) is 202 cm³/mol. The molecule has 4 rings (SSSR count). The Morgan fingerprint density at radius 1 is 1.04 bits per heavy atom. The predicted octanol–water partition coefficient (Wildman–Crippen LogP) is 7.11. The van der Waals surface area contributed by atoms with Crippen LogP contribution >= 0.6 is 15.9 Å². The Kier molecular flexibility index (Phi) is 12.8. The second-order valence-electron chi connectivity index (χ2n) is 14.7. The molecule has 2 heterocycles. The van der Waals surface area contributed by atoms with E-state index in [0.717, 1.165) is 22.0 Å². The summed E-state index contributed by atoms with van der Waals surface area (Å²) in [6, 6.07) is 10.7. The van der Waals surface area contributed by atoms with Crippen LogP contribution in [0.5, 0.6) is 5.75 Å². The molecule has 3 N–H and O–H groups in total. The molecule has 2 aromatic carbocycles. The van der Waals surface area contributed by atoms with Gasteiger partial charge in [0.1, 0.15) is 17.8 Å². The number of carbonyl (C=O) groups is 4. The molecule has 1 aliphatic heterocycles. The highest BCUT2D eigenvalue weighted by Gasteiger charge is 2.39. The zero-order valence-corrected chi connectivity index (χ0v) is 33.0. The first kappa shape index (κ1) is 38.9. The number of hydrogen-bond acceptors (Lipinski definition) is 6. The zero-order valence-electron chi connectivity index (χ0n) is 30.4. The van der Waals surface area contributed by atoms with Crippen molar-refractivity contribution in [2.45, 2.75) is 103 Å². The molecule has 0 fully saturated rings. The van der Waals surface area contributed by atoms with Gasteiger partial charge in [0.05, 0.1) is 23.5 Å². The average molecular weight is 768 g/mol. The number of amides is 3. The summed E-state index contributed by atoms with van der Waals surface area (Å²) in [5.41, 5.74) is 3.43. The van der Waals surface area contributed by atoms with Crippen LogP contribution in [0.1, 0.15) is 77.5 Å². The number of aromatic nitrogens is 1. The molecule has 3 aromatic rings. The third-order valence-electron chi connectivity index (χ3n) is 9.79. The van der Waals surface area contributed by atoms with Crippen LogP contribution in [0.3, 0.4) is 0 Å². The monoisotopic (exact) mass is 766 g/mol. The van der Waals surface area contributed by atoms with E-state index in [9.17, 15) is 19.2 Å². The number of nitrogens with zero attached hydrogens (tertiary/aromatic N) is 1. The zero-order chi connectivity index (χ0) is 36.8. The molecule has 3 atom stereocenters. The minimum Gasteiger partial charge on any atom is -0.543 e. The maximum atomic E-state index is 14.4. The number of likely N-dealkylation sites (N-methyl/N-ethyl adjacent to an activating group) is 1. The SMILES string of the molecule is C/C1=C/CCOC(=O)C[C@H](c2ccc(O[Si](C)(C)C(C)(C)C)c(Br)c2)NC(=O)[C@@H](Cc2c[nH]c3ccccc23)N(C)C(=O)[C@H](C)NC(=O)CC1. The van der Waals surface area contributed by atoms with Gasteiger partial charge >= 0.3 is 5.97 Å². The van der Waals surface area contributed by atoms with Gasteiger partial charge in [-0.3, -0.25) is 19.2 Å². The van der Waals surface area contributed by atoms with Crippen LogP contribution < -0.4 is 15.1 Å². The Labute approximate surface area is 305 Å². The number of rotatable bonds is 5. The molecule has 1 aliphatic rings. The third kappa shape index (κ3) is 9.87. The van der Waals surface area contributed by atoms with E-state index in [4.69, 9.17) is 9.16 Å². The highest BCUT2D eigenvalue weighted by atomic mass is 79.9. The summed E-state index contributed by atoms with van der Waals surface area (Å²) in [7, 11) is -0.579. The number of benzene rings is 2. The summed E-state index contributed by atoms with van der Waals surface area (Å²) < 4.78 is 12.9. The van der Waals surface area contributed by atoms with Gasteiger partial charge in [0, 0.05) is 37.0 Å². The number of nitrogens with one attached hydrogen (secondary N) is 3. The number of cyclic esters (lactones) is 1. The number of para-hydroxylation sites is 1. The van der Waals surface area contributed by atoms with Gasteiger partial charge < -0.3 is 29.7 Å². The minimum atomic E-state index is -2.15. The van der Waals surface area contributed by atoms with Crippen molar-refractivity contribution in [3.8, 4) is 5.75 Å². The van der Waals surface area contributed by atoms with E-state index in [2.05, 4.69) is 65.4 Å². The van der Waals surface area contributed by atoms with Crippen molar-refractivity contribution < 1.29 is 28.3 Å². The molecule has 0 unspecified atom stereocenters. The molecule has 0 saturated heterocycles. The van der Waals surface area contributed by atoms with Crippen molar-refractivity contribution in [1.82, 2.24) is 20.5 Å². The lowest BCUT2D eigenvalue weighted by atomic mass is 9.99. The Hall–Kier alpha value is -3.90. The maximum absolute atomic E-state index is 14.4. The summed E-state index contributed by atoms with van der Waals surface area (Å²) >= 11 is 3.68.